The average molecular weight is 368 g/mol. The fourth-order valence-corrected chi connectivity index (χ4v) is 3.11. The van der Waals surface area contributed by atoms with E-state index in [1.54, 1.807) is 6.92 Å². The summed E-state index contributed by atoms with van der Waals surface area (Å²) in [7, 11) is 0. The summed E-state index contributed by atoms with van der Waals surface area (Å²) in [6, 6.07) is 2.76. The number of halogens is 2. The molecule has 2 atom stereocenters. The van der Waals surface area contributed by atoms with Gasteiger partial charge in [-0.1, -0.05) is 17.8 Å². The molecule has 1 aromatic carbocycles. The van der Waals surface area contributed by atoms with Gasteiger partial charge in [-0.25, -0.2) is 13.6 Å². The van der Waals surface area contributed by atoms with Gasteiger partial charge >= 0.3 is 6.03 Å². The minimum absolute atomic E-state index is 0.187. The van der Waals surface area contributed by atoms with Crippen LogP contribution in [0, 0.1) is 17.6 Å². The zero-order chi connectivity index (χ0) is 18.0. The standard InChI is InChI=1S/C15H14F2N4O3S/c1-7-9(13(22)19-14(23)18-7)5-12-20-21-15(24-12)25-6-8-2-3-10(16)11(17)4-8/h2-4,7,9H,5-6H2,1H3,(H2,18,19,22,23). The van der Waals surface area contributed by atoms with E-state index in [1.165, 1.54) is 17.8 Å². The van der Waals surface area contributed by atoms with Crippen molar-refractivity contribution in [3.63, 3.8) is 0 Å². The van der Waals surface area contributed by atoms with E-state index in [2.05, 4.69) is 20.8 Å². The number of thioether (sulfide) groups is 1. The van der Waals surface area contributed by atoms with Gasteiger partial charge < -0.3 is 9.73 Å². The Morgan fingerprint density at radius 1 is 1.24 bits per heavy atom. The number of hydrogen-bond donors (Lipinski definition) is 2. The molecule has 2 N–H and O–H groups in total. The number of urea groups is 1. The van der Waals surface area contributed by atoms with E-state index in [1.807, 2.05) is 0 Å². The lowest BCUT2D eigenvalue weighted by Gasteiger charge is -2.27. The summed E-state index contributed by atoms with van der Waals surface area (Å²) < 4.78 is 31.5. The molecule has 2 heterocycles. The molecular formula is C15H14F2N4O3S. The summed E-state index contributed by atoms with van der Waals surface area (Å²) in [5.74, 6) is -2.14. The van der Waals surface area contributed by atoms with Crippen molar-refractivity contribution in [3.05, 3.63) is 41.3 Å². The molecule has 3 amide bonds. The summed E-state index contributed by atoms with van der Waals surface area (Å²) in [5.41, 5.74) is 0.576. The van der Waals surface area contributed by atoms with Crippen molar-refractivity contribution in [2.45, 2.75) is 30.4 Å². The monoisotopic (exact) mass is 368 g/mol. The van der Waals surface area contributed by atoms with Gasteiger partial charge in [0.15, 0.2) is 11.6 Å². The molecule has 0 bridgehead atoms. The summed E-state index contributed by atoms with van der Waals surface area (Å²) >= 11 is 1.17. The van der Waals surface area contributed by atoms with Crippen LogP contribution in [0.15, 0.2) is 27.8 Å². The highest BCUT2D eigenvalue weighted by Gasteiger charge is 2.34. The number of imide groups is 1. The lowest BCUT2D eigenvalue weighted by atomic mass is 9.95. The van der Waals surface area contributed by atoms with Crippen molar-refractivity contribution in [3.8, 4) is 0 Å². The van der Waals surface area contributed by atoms with E-state index < -0.39 is 29.5 Å². The van der Waals surface area contributed by atoms with E-state index in [0.29, 0.717) is 11.3 Å². The van der Waals surface area contributed by atoms with E-state index in [9.17, 15) is 18.4 Å². The molecule has 10 heteroatoms. The predicted octanol–water partition coefficient (Wildman–Crippen LogP) is 2.03. The first-order valence-corrected chi connectivity index (χ1v) is 8.41. The molecule has 0 saturated carbocycles. The Labute approximate surface area is 145 Å². The van der Waals surface area contributed by atoms with Crippen molar-refractivity contribution in [1.82, 2.24) is 20.8 Å². The molecule has 2 aromatic rings. The molecule has 1 aliphatic heterocycles. The Morgan fingerprint density at radius 2 is 2.04 bits per heavy atom. The zero-order valence-electron chi connectivity index (χ0n) is 13.1. The number of nitrogens with zero attached hydrogens (tertiary/aromatic N) is 2. The second-order valence-corrected chi connectivity index (χ2v) is 6.49. The maximum absolute atomic E-state index is 13.2. The van der Waals surface area contributed by atoms with Gasteiger partial charge in [0.25, 0.3) is 5.22 Å². The third-order valence-electron chi connectivity index (χ3n) is 3.72. The molecule has 0 radical (unpaired) electrons. The largest absolute Gasteiger partial charge is 0.416 e. The molecule has 1 fully saturated rings. The quantitative estimate of drug-likeness (QED) is 0.784. The fourth-order valence-electron chi connectivity index (χ4n) is 2.39. The Kier molecular flexibility index (Phi) is 4.98. The van der Waals surface area contributed by atoms with Gasteiger partial charge in [0.05, 0.1) is 5.92 Å². The molecular weight excluding hydrogens is 354 g/mol. The number of aromatic nitrogens is 2. The minimum atomic E-state index is -0.913. The molecule has 1 saturated heterocycles. The van der Waals surface area contributed by atoms with Gasteiger partial charge in [-0.05, 0) is 24.6 Å². The lowest BCUT2D eigenvalue weighted by molar-refractivity contribution is -0.125. The molecule has 1 aliphatic rings. The molecule has 25 heavy (non-hydrogen) atoms. The minimum Gasteiger partial charge on any atom is -0.416 e. The second-order valence-electron chi connectivity index (χ2n) is 5.56. The Hall–Kier alpha value is -2.49. The molecule has 132 valence electrons. The molecule has 0 spiro atoms. The maximum Gasteiger partial charge on any atom is 0.321 e. The molecule has 0 aliphatic carbocycles. The van der Waals surface area contributed by atoms with E-state index in [4.69, 9.17) is 4.42 Å². The Bertz CT molecular complexity index is 814. The van der Waals surface area contributed by atoms with Crippen LogP contribution in [-0.2, 0) is 17.0 Å². The molecule has 3 rings (SSSR count). The van der Waals surface area contributed by atoms with Gasteiger partial charge in [-0.3, -0.25) is 10.1 Å². The number of benzene rings is 1. The van der Waals surface area contributed by atoms with Crippen LogP contribution in [0.1, 0.15) is 18.4 Å². The summed E-state index contributed by atoms with van der Waals surface area (Å²) in [4.78, 5) is 23.1. The average Bonchev–Trinajstić information content (AvgIpc) is 3.00. The Morgan fingerprint density at radius 3 is 2.76 bits per heavy atom. The third-order valence-corrected chi connectivity index (χ3v) is 4.61. The predicted molar refractivity (Wildman–Crippen MR) is 83.5 cm³/mol. The van der Waals surface area contributed by atoms with Crippen LogP contribution in [0.25, 0.3) is 0 Å². The SMILES string of the molecule is CC1NC(=O)NC(=O)C1Cc1nnc(SCc2ccc(F)c(F)c2)o1. The first-order valence-electron chi connectivity index (χ1n) is 7.43. The number of carbonyl (C=O) groups is 2. The highest BCUT2D eigenvalue weighted by Crippen LogP contribution is 2.24. The van der Waals surface area contributed by atoms with Gasteiger partial charge in [0.2, 0.25) is 11.8 Å². The number of amides is 3. The highest BCUT2D eigenvalue weighted by atomic mass is 32.2. The van der Waals surface area contributed by atoms with Gasteiger partial charge in [0.1, 0.15) is 0 Å². The van der Waals surface area contributed by atoms with Crippen molar-refractivity contribution >= 4 is 23.7 Å². The first kappa shape index (κ1) is 17.3. The van der Waals surface area contributed by atoms with E-state index in [0.717, 1.165) is 12.1 Å². The molecule has 2 unspecified atom stereocenters. The van der Waals surface area contributed by atoms with Crippen LogP contribution >= 0.6 is 11.8 Å². The summed E-state index contributed by atoms with van der Waals surface area (Å²) in [6.07, 6.45) is 0.187. The third kappa shape index (κ3) is 4.13. The van der Waals surface area contributed by atoms with Crippen molar-refractivity contribution in [1.29, 1.82) is 0 Å². The van der Waals surface area contributed by atoms with Crippen molar-refractivity contribution in [2.24, 2.45) is 5.92 Å². The van der Waals surface area contributed by atoms with Crippen molar-refractivity contribution in [2.75, 3.05) is 0 Å². The van der Waals surface area contributed by atoms with Gasteiger partial charge in [-0.15, -0.1) is 10.2 Å². The van der Waals surface area contributed by atoms with E-state index in [-0.39, 0.29) is 23.6 Å². The van der Waals surface area contributed by atoms with Crippen LogP contribution < -0.4 is 10.6 Å². The summed E-state index contributed by atoms with van der Waals surface area (Å²) in [5, 5.41) is 12.8. The van der Waals surface area contributed by atoms with Crippen LogP contribution in [0.2, 0.25) is 0 Å². The van der Waals surface area contributed by atoms with Crippen molar-refractivity contribution < 1.29 is 22.8 Å². The number of hydrogen-bond acceptors (Lipinski definition) is 6. The van der Waals surface area contributed by atoms with Crippen LogP contribution in [-0.4, -0.2) is 28.2 Å². The number of carbonyl (C=O) groups excluding carboxylic acids is 2. The lowest BCUT2D eigenvalue weighted by Crippen LogP contribution is -2.57. The topological polar surface area (TPSA) is 97.1 Å². The summed E-state index contributed by atoms with van der Waals surface area (Å²) in [6.45, 7) is 1.72. The van der Waals surface area contributed by atoms with Crippen LogP contribution in [0.5, 0.6) is 0 Å². The molecule has 7 nitrogen and oxygen atoms in total. The molecule has 1 aromatic heterocycles. The van der Waals surface area contributed by atoms with Gasteiger partial charge in [-0.2, -0.15) is 0 Å². The highest BCUT2D eigenvalue weighted by molar-refractivity contribution is 7.98. The van der Waals surface area contributed by atoms with Crippen LogP contribution in [0.3, 0.4) is 0 Å². The van der Waals surface area contributed by atoms with E-state index >= 15 is 0 Å². The van der Waals surface area contributed by atoms with Gasteiger partial charge in [0, 0.05) is 18.2 Å². The first-order chi connectivity index (χ1) is 11.9. The smallest absolute Gasteiger partial charge is 0.321 e. The fraction of sp³-hybridized carbons (Fsp3) is 0.333. The second kappa shape index (κ2) is 7.18. The zero-order valence-corrected chi connectivity index (χ0v) is 13.9. The Balaban J connectivity index is 1.59. The van der Waals surface area contributed by atoms with Crippen LogP contribution in [0.4, 0.5) is 13.6 Å². The number of rotatable bonds is 5. The normalized spacial score (nSPS) is 20.3. The number of nitrogens with one attached hydrogen (secondary N) is 2. The maximum atomic E-state index is 13.2.